The molecule has 0 aromatic heterocycles. The van der Waals surface area contributed by atoms with Gasteiger partial charge < -0.3 is 10.1 Å². The molecule has 7 heteroatoms. The molecule has 1 saturated heterocycles. The fraction of sp³-hybridized carbons (Fsp3) is 0.300. The number of hydrogen-bond donors (Lipinski definition) is 1. The first-order chi connectivity index (χ1) is 7.88. The van der Waals surface area contributed by atoms with Crippen molar-refractivity contribution in [2.24, 2.45) is 0 Å². The van der Waals surface area contributed by atoms with Crippen molar-refractivity contribution in [2.45, 2.75) is 12.2 Å². The van der Waals surface area contributed by atoms with Crippen LogP contribution in [0.15, 0.2) is 18.2 Å². The van der Waals surface area contributed by atoms with Crippen LogP contribution in [0.2, 0.25) is 0 Å². The maximum Gasteiger partial charge on any atom is 0.419 e. The van der Waals surface area contributed by atoms with E-state index in [9.17, 15) is 22.4 Å². The van der Waals surface area contributed by atoms with Gasteiger partial charge >= 0.3 is 12.3 Å². The maximum atomic E-state index is 13.0. The molecule has 1 N–H and O–H groups in total. The fourth-order valence-electron chi connectivity index (χ4n) is 1.54. The van der Waals surface area contributed by atoms with Gasteiger partial charge in [-0.05, 0) is 17.7 Å². The van der Waals surface area contributed by atoms with Crippen LogP contribution >= 0.6 is 0 Å². The predicted molar refractivity (Wildman–Crippen MR) is 48.6 cm³/mol. The largest absolute Gasteiger partial charge is 0.447 e. The monoisotopic (exact) mass is 249 g/mol. The second-order valence-electron chi connectivity index (χ2n) is 3.53. The van der Waals surface area contributed by atoms with Gasteiger partial charge in [-0.15, -0.1) is 0 Å². The molecule has 1 heterocycles. The van der Waals surface area contributed by atoms with Gasteiger partial charge in [0.1, 0.15) is 12.4 Å². The average molecular weight is 249 g/mol. The van der Waals surface area contributed by atoms with Crippen molar-refractivity contribution in [3.05, 3.63) is 35.1 Å². The van der Waals surface area contributed by atoms with Crippen LogP contribution in [0.1, 0.15) is 17.2 Å². The molecule has 0 saturated carbocycles. The molecular formula is C10H7F4NO2. The van der Waals surface area contributed by atoms with Crippen LogP contribution < -0.4 is 5.32 Å². The van der Waals surface area contributed by atoms with Crippen molar-refractivity contribution in [2.75, 3.05) is 6.61 Å². The summed E-state index contributed by atoms with van der Waals surface area (Å²) in [6.07, 6.45) is -5.46. The van der Waals surface area contributed by atoms with Crippen molar-refractivity contribution in [3.63, 3.8) is 0 Å². The zero-order valence-corrected chi connectivity index (χ0v) is 8.34. The SMILES string of the molecule is O=C1N[C@@H](c2ccc(F)c(C(F)(F)F)c2)CO1. The van der Waals surface area contributed by atoms with Crippen LogP contribution in [0, 0.1) is 5.82 Å². The Bertz CT molecular complexity index is 458. The number of nitrogens with one attached hydrogen (secondary N) is 1. The summed E-state index contributed by atoms with van der Waals surface area (Å²) in [6, 6.07) is 1.91. The maximum absolute atomic E-state index is 13.0. The Morgan fingerprint density at radius 2 is 2.06 bits per heavy atom. The van der Waals surface area contributed by atoms with Crippen molar-refractivity contribution in [1.82, 2.24) is 5.32 Å². The number of alkyl halides is 3. The molecule has 1 aliphatic heterocycles. The van der Waals surface area contributed by atoms with Crippen LogP contribution in [0.5, 0.6) is 0 Å². The second kappa shape index (κ2) is 3.90. The highest BCUT2D eigenvalue weighted by atomic mass is 19.4. The van der Waals surface area contributed by atoms with E-state index >= 15 is 0 Å². The molecule has 1 amide bonds. The van der Waals surface area contributed by atoms with Crippen molar-refractivity contribution < 1.29 is 27.1 Å². The summed E-state index contributed by atoms with van der Waals surface area (Å²) >= 11 is 0. The first-order valence-corrected chi connectivity index (χ1v) is 4.68. The van der Waals surface area contributed by atoms with E-state index in [-0.39, 0.29) is 12.2 Å². The first kappa shape index (κ1) is 11.7. The lowest BCUT2D eigenvalue weighted by Crippen LogP contribution is -2.19. The molecule has 1 atom stereocenters. The molecule has 0 spiro atoms. The first-order valence-electron chi connectivity index (χ1n) is 4.68. The molecule has 0 bridgehead atoms. The topological polar surface area (TPSA) is 38.3 Å². The quantitative estimate of drug-likeness (QED) is 0.777. The number of hydrogen-bond acceptors (Lipinski definition) is 2. The zero-order valence-electron chi connectivity index (χ0n) is 8.34. The Labute approximate surface area is 93.4 Å². The summed E-state index contributed by atoms with van der Waals surface area (Å²) in [5.74, 6) is -1.34. The van der Waals surface area contributed by atoms with Crippen LogP contribution in [-0.4, -0.2) is 12.7 Å². The Balaban J connectivity index is 2.34. The fourth-order valence-corrected chi connectivity index (χ4v) is 1.54. The van der Waals surface area contributed by atoms with Crippen LogP contribution in [-0.2, 0) is 10.9 Å². The lowest BCUT2D eigenvalue weighted by Gasteiger charge is -2.12. The number of halogens is 4. The summed E-state index contributed by atoms with van der Waals surface area (Å²) in [5, 5.41) is 2.32. The standard InChI is InChI=1S/C10H7F4NO2/c11-7-2-1-5(3-6(7)10(12,13)14)8-4-17-9(16)15-8/h1-3,8H,4H2,(H,15,16)/t8-/m1/s1. The lowest BCUT2D eigenvalue weighted by atomic mass is 10.0. The van der Waals surface area contributed by atoms with E-state index < -0.39 is 29.7 Å². The van der Waals surface area contributed by atoms with Gasteiger partial charge in [-0.25, -0.2) is 9.18 Å². The van der Waals surface area contributed by atoms with Gasteiger partial charge in [-0.1, -0.05) is 6.07 Å². The third-order valence-corrected chi connectivity index (χ3v) is 2.37. The normalized spacial score (nSPS) is 20.0. The summed E-state index contributed by atoms with van der Waals surface area (Å²) in [5.41, 5.74) is -1.19. The molecule has 1 fully saturated rings. The number of amides is 1. The molecule has 0 aliphatic carbocycles. The Morgan fingerprint density at radius 3 is 2.59 bits per heavy atom. The third kappa shape index (κ3) is 2.32. The number of cyclic esters (lactones) is 1. The lowest BCUT2D eigenvalue weighted by molar-refractivity contribution is -0.140. The van der Waals surface area contributed by atoms with Crippen LogP contribution in [0.25, 0.3) is 0 Å². The highest BCUT2D eigenvalue weighted by Gasteiger charge is 2.35. The van der Waals surface area contributed by atoms with E-state index in [0.717, 1.165) is 6.07 Å². The molecule has 1 aromatic rings. The van der Waals surface area contributed by atoms with Gasteiger partial charge in [0.2, 0.25) is 0 Å². The summed E-state index contributed by atoms with van der Waals surface area (Å²) in [7, 11) is 0. The number of alkyl carbamates (subject to hydrolysis) is 1. The number of carbonyl (C=O) groups is 1. The molecule has 0 radical (unpaired) electrons. The van der Waals surface area contributed by atoms with E-state index in [0.29, 0.717) is 6.07 Å². The van der Waals surface area contributed by atoms with Gasteiger partial charge in [-0.2, -0.15) is 13.2 Å². The van der Waals surface area contributed by atoms with Crippen molar-refractivity contribution in [1.29, 1.82) is 0 Å². The average Bonchev–Trinajstić information content (AvgIpc) is 2.64. The van der Waals surface area contributed by atoms with Gasteiger partial charge in [0, 0.05) is 0 Å². The third-order valence-electron chi connectivity index (χ3n) is 2.37. The van der Waals surface area contributed by atoms with Gasteiger partial charge in [0.25, 0.3) is 0 Å². The molecule has 1 aromatic carbocycles. The summed E-state index contributed by atoms with van der Waals surface area (Å²) in [4.78, 5) is 10.7. The predicted octanol–water partition coefficient (Wildman–Crippen LogP) is 2.63. The molecule has 2 rings (SSSR count). The van der Waals surface area contributed by atoms with E-state index in [1.165, 1.54) is 6.07 Å². The van der Waals surface area contributed by atoms with Crippen molar-refractivity contribution >= 4 is 6.09 Å². The molecule has 1 aliphatic rings. The minimum atomic E-state index is -4.76. The minimum Gasteiger partial charge on any atom is -0.447 e. The van der Waals surface area contributed by atoms with Crippen LogP contribution in [0.4, 0.5) is 22.4 Å². The Hall–Kier alpha value is -1.79. The van der Waals surface area contributed by atoms with Crippen molar-refractivity contribution in [3.8, 4) is 0 Å². The molecule has 92 valence electrons. The van der Waals surface area contributed by atoms with Crippen LogP contribution in [0.3, 0.4) is 0 Å². The molecular weight excluding hydrogens is 242 g/mol. The van der Waals surface area contributed by atoms with Gasteiger partial charge in [0.05, 0.1) is 11.6 Å². The molecule has 0 unspecified atom stereocenters. The molecule has 17 heavy (non-hydrogen) atoms. The zero-order chi connectivity index (χ0) is 12.6. The number of rotatable bonds is 1. The Morgan fingerprint density at radius 1 is 1.35 bits per heavy atom. The van der Waals surface area contributed by atoms with Gasteiger partial charge in [-0.3, -0.25) is 0 Å². The van der Waals surface area contributed by atoms with E-state index in [4.69, 9.17) is 0 Å². The smallest absolute Gasteiger partial charge is 0.419 e. The van der Waals surface area contributed by atoms with Gasteiger partial charge in [0.15, 0.2) is 0 Å². The highest BCUT2D eigenvalue weighted by Crippen LogP contribution is 2.33. The second-order valence-corrected chi connectivity index (χ2v) is 3.53. The number of carbonyl (C=O) groups excluding carboxylic acids is 1. The van der Waals surface area contributed by atoms with E-state index in [1.807, 2.05) is 0 Å². The number of ether oxygens (including phenoxy) is 1. The summed E-state index contributed by atoms with van der Waals surface area (Å²) < 4.78 is 54.8. The number of benzene rings is 1. The highest BCUT2D eigenvalue weighted by molar-refractivity contribution is 5.70. The van der Waals surface area contributed by atoms with E-state index in [1.54, 1.807) is 0 Å². The molecule has 3 nitrogen and oxygen atoms in total. The van der Waals surface area contributed by atoms with E-state index in [2.05, 4.69) is 10.1 Å². The minimum absolute atomic E-state index is 0.0677. The Kier molecular flexibility index (Phi) is 2.68. The summed E-state index contributed by atoms with van der Waals surface area (Å²) in [6.45, 7) is -0.0677.